The summed E-state index contributed by atoms with van der Waals surface area (Å²) in [4.78, 5) is 34.0. The fourth-order valence-corrected chi connectivity index (χ4v) is 1.73. The largest absolute Gasteiger partial charge is 0.446 e. The quantitative estimate of drug-likeness (QED) is 0.636. The van der Waals surface area contributed by atoms with Gasteiger partial charge in [0.05, 0.1) is 16.7 Å². The van der Waals surface area contributed by atoms with E-state index < -0.39 is 16.7 Å². The molecular formula is C13H13N3O5. The first-order valence-corrected chi connectivity index (χ1v) is 6.16. The van der Waals surface area contributed by atoms with Gasteiger partial charge < -0.3 is 4.74 Å². The zero-order chi connectivity index (χ0) is 15.6. The summed E-state index contributed by atoms with van der Waals surface area (Å²) in [6.45, 7) is 3.33. The average molecular weight is 291 g/mol. The third-order valence-electron chi connectivity index (χ3n) is 2.63. The Morgan fingerprint density at radius 3 is 2.67 bits per heavy atom. The lowest BCUT2D eigenvalue weighted by Gasteiger charge is -2.06. The second-order valence-corrected chi connectivity index (χ2v) is 4.53. The van der Waals surface area contributed by atoms with Gasteiger partial charge in [-0.3, -0.25) is 14.7 Å². The Morgan fingerprint density at radius 1 is 1.33 bits per heavy atom. The molecule has 2 rings (SSSR count). The van der Waals surface area contributed by atoms with Crippen molar-refractivity contribution in [2.24, 2.45) is 0 Å². The Morgan fingerprint density at radius 2 is 2.05 bits per heavy atom. The maximum Gasteiger partial charge on any atom is 0.422 e. The topological polar surface area (TPSA) is 96.4 Å². The molecule has 0 aliphatic heterocycles. The first kappa shape index (κ1) is 14.5. The second kappa shape index (κ2) is 5.61. The first-order chi connectivity index (χ1) is 9.90. The number of aromatic nitrogens is 2. The molecule has 21 heavy (non-hydrogen) atoms. The molecule has 0 bridgehead atoms. The third-order valence-corrected chi connectivity index (χ3v) is 2.63. The first-order valence-electron chi connectivity index (χ1n) is 6.16. The summed E-state index contributed by atoms with van der Waals surface area (Å²) in [6, 6.07) is 5.56. The number of carbonyl (C=O) groups excluding carboxylic acids is 1. The molecule has 0 saturated heterocycles. The van der Waals surface area contributed by atoms with Crippen LogP contribution in [-0.4, -0.2) is 26.3 Å². The highest BCUT2D eigenvalue weighted by atomic mass is 16.6. The van der Waals surface area contributed by atoms with Crippen LogP contribution in [0.5, 0.6) is 0 Å². The Bertz CT molecular complexity index is 744. The number of non-ortho nitro benzene ring substituents is 1. The summed E-state index contributed by atoms with van der Waals surface area (Å²) in [6.07, 6.45) is 1.46. The number of carbonyl (C=O) groups is 1. The van der Waals surface area contributed by atoms with Crippen LogP contribution in [0, 0.1) is 10.1 Å². The molecule has 0 N–H and O–H groups in total. The number of rotatable bonds is 3. The molecule has 0 saturated carbocycles. The van der Waals surface area contributed by atoms with Crippen LogP contribution in [-0.2, 0) is 4.74 Å². The lowest BCUT2D eigenvalue weighted by molar-refractivity contribution is -0.384. The van der Waals surface area contributed by atoms with Gasteiger partial charge in [-0.25, -0.2) is 14.2 Å². The number of benzene rings is 1. The molecule has 2 aromatic rings. The monoisotopic (exact) mass is 291 g/mol. The smallest absolute Gasteiger partial charge is 0.422 e. The third kappa shape index (κ3) is 2.99. The Kier molecular flexibility index (Phi) is 3.88. The van der Waals surface area contributed by atoms with Crippen molar-refractivity contribution in [1.29, 1.82) is 0 Å². The van der Waals surface area contributed by atoms with Crippen LogP contribution in [0.3, 0.4) is 0 Å². The van der Waals surface area contributed by atoms with Crippen molar-refractivity contribution in [2.75, 3.05) is 0 Å². The number of ether oxygens (including phenoxy) is 1. The average Bonchev–Trinajstić information content (AvgIpc) is 2.80. The zero-order valence-electron chi connectivity index (χ0n) is 11.4. The maximum atomic E-state index is 12.1. The number of hydrogen-bond donors (Lipinski definition) is 0. The standard InChI is InChI=1S/C13H13N3O5/c1-9(2)21-13(18)15-7-6-14(12(15)17)10-4-3-5-11(8-10)16(19)20/h3-9H,1-2H3. The molecule has 0 atom stereocenters. The van der Waals surface area contributed by atoms with E-state index >= 15 is 0 Å². The van der Waals surface area contributed by atoms with Crippen LogP contribution in [0.15, 0.2) is 41.5 Å². The molecule has 0 aliphatic rings. The van der Waals surface area contributed by atoms with E-state index in [4.69, 9.17) is 4.74 Å². The number of hydrogen-bond acceptors (Lipinski definition) is 5. The van der Waals surface area contributed by atoms with Crippen molar-refractivity contribution < 1.29 is 14.5 Å². The summed E-state index contributed by atoms with van der Waals surface area (Å²) >= 11 is 0. The Balaban J connectivity index is 2.41. The fraction of sp³-hybridized carbons (Fsp3) is 0.231. The highest BCUT2D eigenvalue weighted by molar-refractivity contribution is 5.70. The molecule has 8 heteroatoms. The molecule has 0 amide bonds. The molecule has 0 spiro atoms. The summed E-state index contributed by atoms with van der Waals surface area (Å²) in [7, 11) is 0. The fourth-order valence-electron chi connectivity index (χ4n) is 1.73. The molecule has 1 heterocycles. The van der Waals surface area contributed by atoms with Gasteiger partial charge in [0.2, 0.25) is 0 Å². The summed E-state index contributed by atoms with van der Waals surface area (Å²) < 4.78 is 6.87. The van der Waals surface area contributed by atoms with E-state index in [0.29, 0.717) is 5.69 Å². The van der Waals surface area contributed by atoms with E-state index in [9.17, 15) is 19.7 Å². The summed E-state index contributed by atoms with van der Waals surface area (Å²) in [5.41, 5.74) is -0.497. The lowest BCUT2D eigenvalue weighted by Crippen LogP contribution is -2.30. The van der Waals surface area contributed by atoms with Crippen LogP contribution in [0.4, 0.5) is 10.5 Å². The molecule has 0 aliphatic carbocycles. The summed E-state index contributed by atoms with van der Waals surface area (Å²) in [5, 5.41) is 10.7. The normalized spacial score (nSPS) is 10.6. The summed E-state index contributed by atoms with van der Waals surface area (Å²) in [5.74, 6) is 0. The van der Waals surface area contributed by atoms with Crippen LogP contribution in [0.25, 0.3) is 5.69 Å². The van der Waals surface area contributed by atoms with Crippen LogP contribution in [0.1, 0.15) is 13.8 Å². The van der Waals surface area contributed by atoms with Gasteiger partial charge in [-0.1, -0.05) is 6.07 Å². The van der Waals surface area contributed by atoms with Crippen molar-refractivity contribution >= 4 is 11.8 Å². The minimum atomic E-state index is -0.792. The van der Waals surface area contributed by atoms with Crippen molar-refractivity contribution in [1.82, 2.24) is 9.13 Å². The van der Waals surface area contributed by atoms with Crippen LogP contribution < -0.4 is 5.69 Å². The maximum absolute atomic E-state index is 12.1. The van der Waals surface area contributed by atoms with E-state index in [1.165, 1.54) is 36.7 Å². The molecule has 110 valence electrons. The highest BCUT2D eigenvalue weighted by Gasteiger charge is 2.15. The predicted octanol–water partition coefficient (Wildman–Crippen LogP) is 1.94. The number of imidazole rings is 1. The van der Waals surface area contributed by atoms with E-state index in [1.807, 2.05) is 0 Å². The van der Waals surface area contributed by atoms with E-state index in [-0.39, 0.29) is 11.8 Å². The van der Waals surface area contributed by atoms with Gasteiger partial charge in [0.15, 0.2) is 0 Å². The molecule has 8 nitrogen and oxygen atoms in total. The van der Waals surface area contributed by atoms with Gasteiger partial charge in [-0.15, -0.1) is 0 Å². The van der Waals surface area contributed by atoms with Crippen molar-refractivity contribution in [3.8, 4) is 5.69 Å². The predicted molar refractivity (Wildman–Crippen MR) is 73.7 cm³/mol. The SMILES string of the molecule is CC(C)OC(=O)n1ccn(-c2cccc([N+](=O)[O-])c2)c1=O. The number of nitrogens with zero attached hydrogens (tertiary/aromatic N) is 3. The van der Waals surface area contributed by atoms with E-state index in [2.05, 4.69) is 0 Å². The van der Waals surface area contributed by atoms with Crippen molar-refractivity contribution in [3.63, 3.8) is 0 Å². The number of nitro groups is 1. The van der Waals surface area contributed by atoms with Crippen molar-refractivity contribution in [3.05, 3.63) is 57.3 Å². The van der Waals surface area contributed by atoms with Gasteiger partial charge in [0, 0.05) is 24.5 Å². The van der Waals surface area contributed by atoms with Gasteiger partial charge >= 0.3 is 11.8 Å². The van der Waals surface area contributed by atoms with Gasteiger partial charge in [-0.2, -0.15) is 0 Å². The van der Waals surface area contributed by atoms with Crippen molar-refractivity contribution in [2.45, 2.75) is 20.0 Å². The molecule has 0 unspecified atom stereocenters. The Labute approximate surface area is 119 Å². The van der Waals surface area contributed by atoms with E-state index in [0.717, 1.165) is 9.13 Å². The second-order valence-electron chi connectivity index (χ2n) is 4.53. The van der Waals surface area contributed by atoms with Gasteiger partial charge in [0.25, 0.3) is 5.69 Å². The minimum Gasteiger partial charge on any atom is -0.446 e. The minimum absolute atomic E-state index is 0.142. The van der Waals surface area contributed by atoms with Gasteiger partial charge in [0.1, 0.15) is 0 Å². The number of nitro benzene ring substituents is 1. The van der Waals surface area contributed by atoms with E-state index in [1.54, 1.807) is 13.8 Å². The molecule has 0 fully saturated rings. The Hall–Kier alpha value is -2.90. The van der Waals surface area contributed by atoms with Gasteiger partial charge in [-0.05, 0) is 19.9 Å². The van der Waals surface area contributed by atoms with Crippen LogP contribution in [0.2, 0.25) is 0 Å². The highest BCUT2D eigenvalue weighted by Crippen LogP contribution is 2.15. The lowest BCUT2D eigenvalue weighted by atomic mass is 10.3. The zero-order valence-corrected chi connectivity index (χ0v) is 11.4. The molecule has 1 aromatic heterocycles. The molecule has 0 radical (unpaired) electrons. The van der Waals surface area contributed by atoms with Crippen LogP contribution >= 0.6 is 0 Å². The molecule has 1 aromatic carbocycles. The molecular weight excluding hydrogens is 278 g/mol.